The Morgan fingerprint density at radius 2 is 2.35 bits per heavy atom. The number of benzene rings is 1. The van der Waals surface area contributed by atoms with E-state index in [0.717, 1.165) is 20.9 Å². The third kappa shape index (κ3) is 2.63. The zero-order valence-corrected chi connectivity index (χ0v) is 12.7. The molecule has 1 aromatic carbocycles. The number of hydrogen-bond acceptors (Lipinski definition) is 2. The molecule has 1 heterocycles. The van der Waals surface area contributed by atoms with Gasteiger partial charge >= 0.3 is 0 Å². The van der Waals surface area contributed by atoms with Gasteiger partial charge in [0, 0.05) is 14.6 Å². The zero-order valence-electron chi connectivity index (χ0n) is 8.99. The second-order valence-electron chi connectivity index (χ2n) is 3.91. The average molecular weight is 405 g/mol. The minimum absolute atomic E-state index is 0.0561. The molecule has 5 heteroatoms. The summed E-state index contributed by atoms with van der Waals surface area (Å²) in [7, 11) is 0. The summed E-state index contributed by atoms with van der Waals surface area (Å²) < 4.78 is 1.80. The SMILES string of the molecule is N#CC1CCCN1C(=O)c1cc(I)ccc1Br. The van der Waals surface area contributed by atoms with E-state index in [1.807, 2.05) is 18.2 Å². The van der Waals surface area contributed by atoms with Crippen molar-refractivity contribution in [3.05, 3.63) is 31.8 Å². The van der Waals surface area contributed by atoms with Crippen molar-refractivity contribution in [3.8, 4) is 6.07 Å². The predicted molar refractivity (Wildman–Crippen MR) is 76.5 cm³/mol. The number of hydrogen-bond donors (Lipinski definition) is 0. The van der Waals surface area contributed by atoms with Gasteiger partial charge in [0.1, 0.15) is 6.04 Å². The highest BCUT2D eigenvalue weighted by atomic mass is 127. The summed E-state index contributed by atoms with van der Waals surface area (Å²) in [6.07, 6.45) is 1.69. The second kappa shape index (κ2) is 5.36. The van der Waals surface area contributed by atoms with E-state index in [1.54, 1.807) is 4.90 Å². The van der Waals surface area contributed by atoms with Gasteiger partial charge in [0.2, 0.25) is 0 Å². The van der Waals surface area contributed by atoms with Crippen molar-refractivity contribution < 1.29 is 4.79 Å². The summed E-state index contributed by atoms with van der Waals surface area (Å²) in [6, 6.07) is 7.57. The Bertz CT molecular complexity index is 498. The van der Waals surface area contributed by atoms with Gasteiger partial charge in [-0.2, -0.15) is 5.26 Å². The Kier molecular flexibility index (Phi) is 4.05. The standard InChI is InChI=1S/C12H10BrIN2O/c13-11-4-3-8(14)6-10(11)12(17)16-5-1-2-9(16)7-15/h3-4,6,9H,1-2,5H2. The van der Waals surface area contributed by atoms with Crippen LogP contribution in [0.1, 0.15) is 23.2 Å². The zero-order chi connectivity index (χ0) is 12.4. The molecule has 1 saturated heterocycles. The molecule has 1 aliphatic heterocycles. The van der Waals surface area contributed by atoms with Crippen molar-refractivity contribution in [2.45, 2.75) is 18.9 Å². The van der Waals surface area contributed by atoms with Crippen LogP contribution in [0.5, 0.6) is 0 Å². The van der Waals surface area contributed by atoms with Crippen LogP contribution in [-0.4, -0.2) is 23.4 Å². The predicted octanol–water partition coefficient (Wildman–Crippen LogP) is 3.18. The first-order chi connectivity index (χ1) is 8.13. The summed E-state index contributed by atoms with van der Waals surface area (Å²) in [5.41, 5.74) is 0.638. The van der Waals surface area contributed by atoms with Gasteiger partial charge in [0.15, 0.2) is 0 Å². The van der Waals surface area contributed by atoms with E-state index in [1.165, 1.54) is 0 Å². The van der Waals surface area contributed by atoms with Gasteiger partial charge in [-0.15, -0.1) is 0 Å². The van der Waals surface area contributed by atoms with E-state index in [-0.39, 0.29) is 11.9 Å². The number of nitrogens with zero attached hydrogens (tertiary/aromatic N) is 2. The molecule has 88 valence electrons. The van der Waals surface area contributed by atoms with Crippen LogP contribution in [0.3, 0.4) is 0 Å². The van der Waals surface area contributed by atoms with Crippen molar-refractivity contribution >= 4 is 44.4 Å². The number of nitriles is 1. The Hall–Kier alpha value is -0.610. The number of carbonyl (C=O) groups is 1. The molecule has 0 spiro atoms. The molecule has 0 N–H and O–H groups in total. The van der Waals surface area contributed by atoms with E-state index in [9.17, 15) is 4.79 Å². The van der Waals surface area contributed by atoms with Crippen LogP contribution < -0.4 is 0 Å². The van der Waals surface area contributed by atoms with E-state index >= 15 is 0 Å². The third-order valence-electron chi connectivity index (χ3n) is 2.82. The van der Waals surface area contributed by atoms with E-state index < -0.39 is 0 Å². The molecule has 1 aliphatic rings. The Balaban J connectivity index is 2.31. The Morgan fingerprint density at radius 3 is 3.06 bits per heavy atom. The van der Waals surface area contributed by atoms with Crippen LogP contribution in [0, 0.1) is 14.9 Å². The monoisotopic (exact) mass is 404 g/mol. The fraction of sp³-hybridized carbons (Fsp3) is 0.333. The first-order valence-electron chi connectivity index (χ1n) is 5.29. The van der Waals surface area contributed by atoms with Crippen molar-refractivity contribution in [2.24, 2.45) is 0 Å². The summed E-state index contributed by atoms with van der Waals surface area (Å²) in [6.45, 7) is 0.676. The first kappa shape index (κ1) is 12.8. The third-order valence-corrected chi connectivity index (χ3v) is 4.18. The maximum absolute atomic E-state index is 12.3. The second-order valence-corrected chi connectivity index (χ2v) is 6.01. The molecular weight excluding hydrogens is 395 g/mol. The van der Waals surface area contributed by atoms with Gasteiger partial charge in [0.05, 0.1) is 11.6 Å². The molecule has 1 aromatic rings. The van der Waals surface area contributed by atoms with E-state index in [2.05, 4.69) is 44.6 Å². The normalized spacial score (nSPS) is 19.1. The largest absolute Gasteiger partial charge is 0.323 e. The molecule has 1 unspecified atom stereocenters. The molecule has 0 radical (unpaired) electrons. The van der Waals surface area contributed by atoms with Gasteiger partial charge in [-0.3, -0.25) is 4.79 Å². The first-order valence-corrected chi connectivity index (χ1v) is 7.16. The van der Waals surface area contributed by atoms with Crippen molar-refractivity contribution in [2.75, 3.05) is 6.54 Å². The molecule has 2 rings (SSSR count). The van der Waals surface area contributed by atoms with Crippen LogP contribution in [0.15, 0.2) is 22.7 Å². The lowest BCUT2D eigenvalue weighted by molar-refractivity contribution is 0.0764. The lowest BCUT2D eigenvalue weighted by Crippen LogP contribution is -2.34. The highest BCUT2D eigenvalue weighted by molar-refractivity contribution is 14.1. The molecule has 1 fully saturated rings. The number of rotatable bonds is 1. The van der Waals surface area contributed by atoms with Gasteiger partial charge in [-0.1, -0.05) is 0 Å². The fourth-order valence-electron chi connectivity index (χ4n) is 1.96. The summed E-state index contributed by atoms with van der Waals surface area (Å²) in [5, 5.41) is 9.00. The number of carbonyl (C=O) groups excluding carboxylic acids is 1. The van der Waals surface area contributed by atoms with E-state index in [0.29, 0.717) is 12.1 Å². The fourth-order valence-corrected chi connectivity index (χ4v) is 2.87. The van der Waals surface area contributed by atoms with Gasteiger partial charge in [-0.25, -0.2) is 0 Å². The summed E-state index contributed by atoms with van der Waals surface area (Å²) in [4.78, 5) is 14.0. The molecule has 1 amide bonds. The molecule has 0 bridgehead atoms. The van der Waals surface area contributed by atoms with Crippen LogP contribution in [0.25, 0.3) is 0 Å². The van der Waals surface area contributed by atoms with Crippen molar-refractivity contribution in [3.63, 3.8) is 0 Å². The van der Waals surface area contributed by atoms with E-state index in [4.69, 9.17) is 5.26 Å². The van der Waals surface area contributed by atoms with Crippen LogP contribution in [-0.2, 0) is 0 Å². The average Bonchev–Trinajstić information content (AvgIpc) is 2.79. The number of halogens is 2. The quantitative estimate of drug-likeness (QED) is 0.674. The summed E-state index contributed by atoms with van der Waals surface area (Å²) in [5.74, 6) is -0.0561. The molecule has 0 saturated carbocycles. The molecule has 0 aliphatic carbocycles. The summed E-state index contributed by atoms with van der Waals surface area (Å²) >= 11 is 5.56. The van der Waals surface area contributed by atoms with Crippen LogP contribution in [0.4, 0.5) is 0 Å². The van der Waals surface area contributed by atoms with Crippen LogP contribution in [0.2, 0.25) is 0 Å². The van der Waals surface area contributed by atoms with Gasteiger partial charge < -0.3 is 4.90 Å². The number of likely N-dealkylation sites (tertiary alicyclic amines) is 1. The lowest BCUT2D eigenvalue weighted by atomic mass is 10.2. The molecule has 3 nitrogen and oxygen atoms in total. The van der Waals surface area contributed by atoms with Crippen LogP contribution >= 0.6 is 38.5 Å². The molecule has 17 heavy (non-hydrogen) atoms. The number of amides is 1. The van der Waals surface area contributed by atoms with Gasteiger partial charge in [0.25, 0.3) is 5.91 Å². The molecular formula is C12H10BrIN2O. The lowest BCUT2D eigenvalue weighted by Gasteiger charge is -2.20. The van der Waals surface area contributed by atoms with Crippen molar-refractivity contribution in [1.82, 2.24) is 4.90 Å². The Labute approximate surface area is 122 Å². The highest BCUT2D eigenvalue weighted by Crippen LogP contribution is 2.25. The maximum Gasteiger partial charge on any atom is 0.256 e. The Morgan fingerprint density at radius 1 is 1.59 bits per heavy atom. The topological polar surface area (TPSA) is 44.1 Å². The molecule has 1 atom stereocenters. The smallest absolute Gasteiger partial charge is 0.256 e. The minimum atomic E-state index is -0.271. The van der Waals surface area contributed by atoms with Gasteiger partial charge in [-0.05, 0) is 69.6 Å². The highest BCUT2D eigenvalue weighted by Gasteiger charge is 2.30. The maximum atomic E-state index is 12.3. The minimum Gasteiger partial charge on any atom is -0.323 e. The van der Waals surface area contributed by atoms with Crippen molar-refractivity contribution in [1.29, 1.82) is 5.26 Å². The molecule has 0 aromatic heterocycles.